The highest BCUT2D eigenvalue weighted by Gasteiger charge is 2.70. The standard InChI is InChI=1S/C25H27N3O4/c1-14(2)12-18-20-21(25(27-18)16-9-5-6-10-17(16)26-24(25)31)23(30)28(22(20)29)13-15-8-4-7-11-19(15)32-3/h4-11,14,18,20-21,27H,12-13H2,1-3H3,(H,26,31)/t18-,20+,21+,25-/m1/s1. The van der Waals surface area contributed by atoms with E-state index in [1.165, 1.54) is 4.90 Å². The third-order valence-electron chi connectivity index (χ3n) is 6.96. The number of nitrogens with one attached hydrogen (secondary N) is 2. The molecular formula is C25H27N3O4. The second kappa shape index (κ2) is 7.45. The number of carbonyl (C=O) groups is 3. The maximum Gasteiger partial charge on any atom is 0.250 e. The molecule has 0 saturated carbocycles. The van der Waals surface area contributed by atoms with Crippen LogP contribution in [0.3, 0.4) is 0 Å². The molecule has 7 heteroatoms. The summed E-state index contributed by atoms with van der Waals surface area (Å²) in [7, 11) is 1.57. The maximum absolute atomic E-state index is 13.8. The summed E-state index contributed by atoms with van der Waals surface area (Å²) in [6.07, 6.45) is 0.694. The first-order valence-corrected chi connectivity index (χ1v) is 11.0. The van der Waals surface area contributed by atoms with Gasteiger partial charge in [-0.2, -0.15) is 0 Å². The summed E-state index contributed by atoms with van der Waals surface area (Å²) in [5, 5.41) is 6.40. The molecule has 3 aliphatic heterocycles. The molecule has 3 amide bonds. The lowest BCUT2D eigenvalue weighted by molar-refractivity contribution is -0.143. The third kappa shape index (κ3) is 2.80. The molecule has 7 nitrogen and oxygen atoms in total. The van der Waals surface area contributed by atoms with Gasteiger partial charge in [0.25, 0.3) is 0 Å². The van der Waals surface area contributed by atoms with Gasteiger partial charge in [-0.15, -0.1) is 0 Å². The van der Waals surface area contributed by atoms with Gasteiger partial charge in [-0.3, -0.25) is 24.6 Å². The van der Waals surface area contributed by atoms with Crippen LogP contribution in [0, 0.1) is 17.8 Å². The third-order valence-corrected chi connectivity index (χ3v) is 6.96. The number of nitrogens with zero attached hydrogens (tertiary/aromatic N) is 1. The number of amides is 3. The molecule has 166 valence electrons. The smallest absolute Gasteiger partial charge is 0.250 e. The topological polar surface area (TPSA) is 87.7 Å². The van der Waals surface area contributed by atoms with Crippen molar-refractivity contribution in [1.82, 2.24) is 10.2 Å². The molecule has 2 saturated heterocycles. The van der Waals surface area contributed by atoms with Crippen LogP contribution in [0.1, 0.15) is 31.4 Å². The van der Waals surface area contributed by atoms with Crippen LogP contribution in [0.4, 0.5) is 5.69 Å². The van der Waals surface area contributed by atoms with E-state index in [2.05, 4.69) is 24.5 Å². The van der Waals surface area contributed by atoms with E-state index in [-0.39, 0.29) is 30.3 Å². The summed E-state index contributed by atoms with van der Waals surface area (Å²) in [6, 6.07) is 14.5. The highest BCUT2D eigenvalue weighted by Crippen LogP contribution is 2.53. The first-order chi connectivity index (χ1) is 15.4. The number of hydrogen-bond donors (Lipinski definition) is 2. The van der Waals surface area contributed by atoms with Gasteiger partial charge in [0.1, 0.15) is 11.3 Å². The van der Waals surface area contributed by atoms with Gasteiger partial charge in [0.2, 0.25) is 17.7 Å². The van der Waals surface area contributed by atoms with Gasteiger partial charge >= 0.3 is 0 Å². The average molecular weight is 434 g/mol. The molecule has 1 spiro atoms. The van der Waals surface area contributed by atoms with Crippen LogP contribution in [0.2, 0.25) is 0 Å². The zero-order valence-corrected chi connectivity index (χ0v) is 18.4. The number of para-hydroxylation sites is 2. The number of ether oxygens (including phenoxy) is 1. The van der Waals surface area contributed by atoms with Crippen molar-refractivity contribution in [3.63, 3.8) is 0 Å². The molecule has 3 heterocycles. The van der Waals surface area contributed by atoms with Crippen LogP contribution in [0.15, 0.2) is 48.5 Å². The summed E-state index contributed by atoms with van der Waals surface area (Å²) in [4.78, 5) is 42.1. The SMILES string of the molecule is COc1ccccc1CN1C(=O)[C@@H]2[C@@H](C1=O)[C@@]1(N[C@@H]2CC(C)C)C(=O)Nc2ccccc21. The summed E-state index contributed by atoms with van der Waals surface area (Å²) < 4.78 is 5.42. The van der Waals surface area contributed by atoms with Crippen LogP contribution >= 0.6 is 0 Å². The minimum absolute atomic E-state index is 0.127. The summed E-state index contributed by atoms with van der Waals surface area (Å²) in [5.41, 5.74) is 0.961. The quantitative estimate of drug-likeness (QED) is 0.708. The van der Waals surface area contributed by atoms with Crippen molar-refractivity contribution in [2.75, 3.05) is 12.4 Å². The number of rotatable bonds is 5. The Morgan fingerprint density at radius 1 is 1.03 bits per heavy atom. The highest BCUT2D eigenvalue weighted by molar-refractivity contribution is 6.15. The van der Waals surface area contributed by atoms with Gasteiger partial charge < -0.3 is 10.1 Å². The number of hydrogen-bond acceptors (Lipinski definition) is 5. The molecule has 3 aliphatic rings. The Bertz CT molecular complexity index is 1110. The molecule has 32 heavy (non-hydrogen) atoms. The van der Waals surface area contributed by atoms with Crippen LogP contribution < -0.4 is 15.4 Å². The van der Waals surface area contributed by atoms with Crippen molar-refractivity contribution in [2.45, 2.75) is 38.4 Å². The summed E-state index contributed by atoms with van der Waals surface area (Å²) in [5.74, 6) is -1.24. The minimum atomic E-state index is -1.23. The van der Waals surface area contributed by atoms with E-state index in [1.54, 1.807) is 7.11 Å². The molecule has 0 aliphatic carbocycles. The molecule has 5 rings (SSSR count). The summed E-state index contributed by atoms with van der Waals surface area (Å²) >= 11 is 0. The fourth-order valence-electron chi connectivity index (χ4n) is 5.69. The van der Waals surface area contributed by atoms with E-state index < -0.39 is 17.4 Å². The highest BCUT2D eigenvalue weighted by atomic mass is 16.5. The Morgan fingerprint density at radius 3 is 2.50 bits per heavy atom. The van der Waals surface area contributed by atoms with E-state index in [4.69, 9.17) is 4.74 Å². The Labute approximate surface area is 187 Å². The number of benzene rings is 2. The van der Waals surface area contributed by atoms with Crippen LogP contribution in [-0.2, 0) is 26.5 Å². The lowest BCUT2D eigenvalue weighted by Gasteiger charge is -2.30. The predicted octanol–water partition coefficient (Wildman–Crippen LogP) is 2.66. The Morgan fingerprint density at radius 2 is 1.75 bits per heavy atom. The zero-order valence-electron chi connectivity index (χ0n) is 18.4. The fourth-order valence-corrected chi connectivity index (χ4v) is 5.69. The van der Waals surface area contributed by atoms with E-state index in [0.29, 0.717) is 23.8 Å². The number of carbonyl (C=O) groups excluding carboxylic acids is 3. The van der Waals surface area contributed by atoms with Gasteiger partial charge in [0, 0.05) is 22.9 Å². The molecule has 2 N–H and O–H groups in total. The molecule has 2 aromatic carbocycles. The lowest BCUT2D eigenvalue weighted by Crippen LogP contribution is -2.53. The molecule has 0 aromatic heterocycles. The fraction of sp³-hybridized carbons (Fsp3) is 0.400. The number of likely N-dealkylation sites (tertiary alicyclic amines) is 1. The molecule has 2 fully saturated rings. The van der Waals surface area contributed by atoms with Crippen molar-refractivity contribution in [2.24, 2.45) is 17.8 Å². The Kier molecular flexibility index (Phi) is 4.82. The zero-order chi connectivity index (χ0) is 22.6. The van der Waals surface area contributed by atoms with E-state index in [0.717, 1.165) is 11.1 Å². The van der Waals surface area contributed by atoms with Gasteiger partial charge in [-0.05, 0) is 24.5 Å². The monoisotopic (exact) mass is 433 g/mol. The van der Waals surface area contributed by atoms with Crippen LogP contribution in [0.5, 0.6) is 5.75 Å². The van der Waals surface area contributed by atoms with E-state index in [1.807, 2.05) is 48.5 Å². The molecule has 2 aromatic rings. The van der Waals surface area contributed by atoms with Crippen LogP contribution in [-0.4, -0.2) is 35.8 Å². The Hall–Kier alpha value is -3.19. The normalized spacial score (nSPS) is 28.4. The van der Waals surface area contributed by atoms with Crippen molar-refractivity contribution < 1.29 is 19.1 Å². The predicted molar refractivity (Wildman–Crippen MR) is 119 cm³/mol. The molecule has 4 atom stereocenters. The first kappa shape index (κ1) is 20.7. The largest absolute Gasteiger partial charge is 0.496 e. The number of fused-ring (bicyclic) bond motifs is 4. The number of anilines is 1. The minimum Gasteiger partial charge on any atom is -0.496 e. The first-order valence-electron chi connectivity index (χ1n) is 11.0. The lowest BCUT2D eigenvalue weighted by atomic mass is 9.76. The van der Waals surface area contributed by atoms with E-state index >= 15 is 0 Å². The van der Waals surface area contributed by atoms with Gasteiger partial charge in [-0.25, -0.2) is 0 Å². The second-order valence-corrected chi connectivity index (χ2v) is 9.27. The van der Waals surface area contributed by atoms with Crippen molar-refractivity contribution in [3.05, 3.63) is 59.7 Å². The number of methoxy groups -OCH3 is 1. The summed E-state index contributed by atoms with van der Waals surface area (Å²) in [6.45, 7) is 4.29. The van der Waals surface area contributed by atoms with E-state index in [9.17, 15) is 14.4 Å². The number of imide groups is 1. The molecular weight excluding hydrogens is 406 g/mol. The Balaban J connectivity index is 1.59. The van der Waals surface area contributed by atoms with Crippen LogP contribution in [0.25, 0.3) is 0 Å². The maximum atomic E-state index is 13.8. The van der Waals surface area contributed by atoms with Gasteiger partial charge in [-0.1, -0.05) is 50.2 Å². The molecule has 0 radical (unpaired) electrons. The van der Waals surface area contributed by atoms with Crippen molar-refractivity contribution >= 4 is 23.4 Å². The second-order valence-electron chi connectivity index (χ2n) is 9.27. The van der Waals surface area contributed by atoms with Crippen molar-refractivity contribution in [1.29, 1.82) is 0 Å². The van der Waals surface area contributed by atoms with Gasteiger partial charge in [0.05, 0.1) is 25.5 Å². The average Bonchev–Trinajstić information content (AvgIpc) is 3.34. The van der Waals surface area contributed by atoms with Gasteiger partial charge in [0.15, 0.2) is 0 Å². The molecule has 0 bridgehead atoms. The van der Waals surface area contributed by atoms with Crippen molar-refractivity contribution in [3.8, 4) is 5.75 Å². The molecule has 0 unspecified atom stereocenters.